The Morgan fingerprint density at radius 3 is 2.48 bits per heavy atom. The molecular weight excluding hydrogens is 286 g/mol. The van der Waals surface area contributed by atoms with Gasteiger partial charge in [-0.2, -0.15) is 0 Å². The third kappa shape index (κ3) is 3.84. The highest BCUT2D eigenvalue weighted by Gasteiger charge is 2.37. The van der Waals surface area contributed by atoms with Crippen LogP contribution >= 0.6 is 0 Å². The van der Waals surface area contributed by atoms with Crippen molar-refractivity contribution in [1.82, 2.24) is 4.90 Å². The lowest BCUT2D eigenvalue weighted by Crippen LogP contribution is -2.44. The minimum atomic E-state index is -3.10. The van der Waals surface area contributed by atoms with E-state index >= 15 is 0 Å². The average molecular weight is 309 g/mol. The van der Waals surface area contributed by atoms with Crippen molar-refractivity contribution in [2.75, 3.05) is 12.0 Å². The summed E-state index contributed by atoms with van der Waals surface area (Å²) in [4.78, 5) is 14.6. The topological polar surface area (TPSA) is 54.5 Å². The van der Waals surface area contributed by atoms with E-state index < -0.39 is 9.84 Å². The summed E-state index contributed by atoms with van der Waals surface area (Å²) < 4.78 is 23.1. The van der Waals surface area contributed by atoms with Crippen molar-refractivity contribution in [3.05, 3.63) is 34.9 Å². The van der Waals surface area contributed by atoms with E-state index in [1.54, 1.807) is 4.90 Å². The van der Waals surface area contributed by atoms with Crippen LogP contribution in [-0.4, -0.2) is 43.3 Å². The van der Waals surface area contributed by atoms with E-state index in [4.69, 9.17) is 0 Å². The van der Waals surface area contributed by atoms with Gasteiger partial charge in [0.2, 0.25) is 0 Å². The molecule has 0 bridgehead atoms. The van der Waals surface area contributed by atoms with E-state index in [1.807, 2.05) is 39.0 Å². The molecule has 1 aromatic rings. The third-order valence-electron chi connectivity index (χ3n) is 4.03. The second-order valence-electron chi connectivity index (χ2n) is 6.13. The minimum Gasteiger partial charge on any atom is -0.332 e. The molecule has 21 heavy (non-hydrogen) atoms. The monoisotopic (exact) mass is 309 g/mol. The molecule has 0 radical (unpaired) electrons. The van der Waals surface area contributed by atoms with Gasteiger partial charge in [-0.25, -0.2) is 8.42 Å². The third-order valence-corrected chi connectivity index (χ3v) is 5.12. The highest BCUT2D eigenvalue weighted by Crippen LogP contribution is 2.31. The molecule has 4 nitrogen and oxygen atoms in total. The second kappa shape index (κ2) is 5.79. The van der Waals surface area contributed by atoms with Gasteiger partial charge in [0.05, 0.1) is 5.75 Å². The van der Waals surface area contributed by atoms with Gasteiger partial charge in [0.25, 0.3) is 5.91 Å². The first kappa shape index (κ1) is 16.0. The molecule has 0 aromatic heterocycles. The highest BCUT2D eigenvalue weighted by molar-refractivity contribution is 7.90. The van der Waals surface area contributed by atoms with E-state index in [0.717, 1.165) is 24.0 Å². The molecule has 0 saturated heterocycles. The van der Waals surface area contributed by atoms with Crippen LogP contribution in [-0.2, 0) is 9.84 Å². The molecule has 116 valence electrons. The van der Waals surface area contributed by atoms with Gasteiger partial charge in [0, 0.05) is 23.9 Å². The van der Waals surface area contributed by atoms with E-state index in [1.165, 1.54) is 6.26 Å². The molecule has 0 spiro atoms. The molecule has 0 aliphatic heterocycles. The lowest BCUT2D eigenvalue weighted by Gasteiger charge is -2.29. The van der Waals surface area contributed by atoms with Crippen LogP contribution in [0.1, 0.15) is 41.3 Å². The highest BCUT2D eigenvalue weighted by atomic mass is 32.2. The van der Waals surface area contributed by atoms with Crippen molar-refractivity contribution in [3.8, 4) is 0 Å². The maximum atomic E-state index is 12.9. The van der Waals surface area contributed by atoms with Gasteiger partial charge in [0.15, 0.2) is 0 Å². The zero-order valence-corrected chi connectivity index (χ0v) is 13.9. The lowest BCUT2D eigenvalue weighted by molar-refractivity contribution is 0.0692. The number of sulfone groups is 1. The van der Waals surface area contributed by atoms with Gasteiger partial charge in [-0.1, -0.05) is 12.1 Å². The average Bonchev–Trinajstić information content (AvgIpc) is 3.15. The number of hydrogen-bond acceptors (Lipinski definition) is 3. The molecule has 0 unspecified atom stereocenters. The Morgan fingerprint density at radius 2 is 1.95 bits per heavy atom. The molecule has 5 heteroatoms. The first-order chi connectivity index (χ1) is 9.70. The molecule has 1 fully saturated rings. The van der Waals surface area contributed by atoms with Crippen molar-refractivity contribution in [2.24, 2.45) is 0 Å². The summed E-state index contributed by atoms with van der Waals surface area (Å²) in [7, 11) is -3.10. The quantitative estimate of drug-likeness (QED) is 0.839. The summed E-state index contributed by atoms with van der Waals surface area (Å²) in [6.45, 7) is 5.74. The second-order valence-corrected chi connectivity index (χ2v) is 8.32. The van der Waals surface area contributed by atoms with Crippen LogP contribution in [0, 0.1) is 13.8 Å². The van der Waals surface area contributed by atoms with Crippen LogP contribution in [0.15, 0.2) is 18.2 Å². The van der Waals surface area contributed by atoms with Gasteiger partial charge in [-0.3, -0.25) is 4.79 Å². The Bertz CT molecular complexity index is 647. The summed E-state index contributed by atoms with van der Waals surface area (Å²) in [6, 6.07) is 5.58. The number of nitrogens with zero attached hydrogens (tertiary/aromatic N) is 1. The van der Waals surface area contributed by atoms with E-state index in [0.29, 0.717) is 5.56 Å². The molecule has 1 aliphatic rings. The predicted octanol–water partition coefficient (Wildman–Crippen LogP) is 2.34. The van der Waals surface area contributed by atoms with Crippen LogP contribution < -0.4 is 0 Å². The largest absolute Gasteiger partial charge is 0.332 e. The normalized spacial score (nSPS) is 16.6. The number of amides is 1. The first-order valence-electron chi connectivity index (χ1n) is 7.27. The zero-order valence-electron chi connectivity index (χ0n) is 13.1. The van der Waals surface area contributed by atoms with Crippen LogP contribution in [0.2, 0.25) is 0 Å². The number of hydrogen-bond donors (Lipinski definition) is 0. The molecule has 1 aliphatic carbocycles. The number of rotatable bonds is 5. The van der Waals surface area contributed by atoms with Crippen molar-refractivity contribution >= 4 is 15.7 Å². The van der Waals surface area contributed by atoms with Gasteiger partial charge >= 0.3 is 0 Å². The lowest BCUT2D eigenvalue weighted by atomic mass is 10.0. The standard InChI is InChI=1S/C16H23NO3S/c1-11-6-5-7-15(13(11)3)16(18)17(14-8-9-14)12(2)10-21(4,19)20/h5-7,12,14H,8-10H2,1-4H3/t12-/m0/s1. The molecule has 0 N–H and O–H groups in total. The summed E-state index contributed by atoms with van der Waals surface area (Å²) in [5.41, 5.74) is 2.73. The van der Waals surface area contributed by atoms with Gasteiger partial charge in [-0.15, -0.1) is 0 Å². The molecule has 1 saturated carbocycles. The van der Waals surface area contributed by atoms with Crippen molar-refractivity contribution < 1.29 is 13.2 Å². The number of aryl methyl sites for hydroxylation is 1. The Kier molecular flexibility index (Phi) is 4.42. The van der Waals surface area contributed by atoms with Crippen molar-refractivity contribution in [3.63, 3.8) is 0 Å². The van der Waals surface area contributed by atoms with Crippen LogP contribution in [0.25, 0.3) is 0 Å². The molecule has 1 atom stereocenters. The number of carbonyl (C=O) groups excluding carboxylic acids is 1. The molecule has 1 amide bonds. The Morgan fingerprint density at radius 1 is 1.33 bits per heavy atom. The van der Waals surface area contributed by atoms with Gasteiger partial charge in [-0.05, 0) is 50.8 Å². The van der Waals surface area contributed by atoms with Crippen LogP contribution in [0.5, 0.6) is 0 Å². The number of carbonyl (C=O) groups is 1. The maximum absolute atomic E-state index is 12.9. The van der Waals surface area contributed by atoms with E-state index in [2.05, 4.69) is 0 Å². The van der Waals surface area contributed by atoms with Crippen LogP contribution in [0.3, 0.4) is 0 Å². The Labute approximate surface area is 127 Å². The SMILES string of the molecule is Cc1cccc(C(=O)N(C2CC2)[C@@H](C)CS(C)(=O)=O)c1C. The Hall–Kier alpha value is -1.36. The van der Waals surface area contributed by atoms with E-state index in [9.17, 15) is 13.2 Å². The summed E-state index contributed by atoms with van der Waals surface area (Å²) >= 11 is 0. The fourth-order valence-electron chi connectivity index (χ4n) is 2.72. The van der Waals surface area contributed by atoms with Gasteiger partial charge < -0.3 is 4.90 Å². The fourth-order valence-corrected chi connectivity index (χ4v) is 3.76. The van der Waals surface area contributed by atoms with Gasteiger partial charge in [0.1, 0.15) is 9.84 Å². The summed E-state index contributed by atoms with van der Waals surface area (Å²) in [5, 5.41) is 0. The zero-order chi connectivity index (χ0) is 15.8. The smallest absolute Gasteiger partial charge is 0.254 e. The predicted molar refractivity (Wildman–Crippen MR) is 84.3 cm³/mol. The van der Waals surface area contributed by atoms with E-state index in [-0.39, 0.29) is 23.7 Å². The molecule has 2 rings (SSSR count). The van der Waals surface area contributed by atoms with Crippen LogP contribution in [0.4, 0.5) is 0 Å². The van der Waals surface area contributed by atoms with Crippen molar-refractivity contribution in [2.45, 2.75) is 45.7 Å². The fraction of sp³-hybridized carbons (Fsp3) is 0.562. The molecule has 0 heterocycles. The van der Waals surface area contributed by atoms with Crippen molar-refractivity contribution in [1.29, 1.82) is 0 Å². The Balaban J connectivity index is 2.30. The number of benzene rings is 1. The maximum Gasteiger partial charge on any atom is 0.254 e. The molecule has 1 aromatic carbocycles. The molecular formula is C16H23NO3S. The summed E-state index contributed by atoms with van der Waals surface area (Å²) in [6.07, 6.45) is 3.15. The summed E-state index contributed by atoms with van der Waals surface area (Å²) in [5.74, 6) is -0.0324. The first-order valence-corrected chi connectivity index (χ1v) is 9.33. The minimum absolute atomic E-state index is 0.0140.